The third-order valence-electron chi connectivity index (χ3n) is 6.14. The molecule has 2 aromatic rings. The molecule has 2 heterocycles. The summed E-state index contributed by atoms with van der Waals surface area (Å²) in [7, 11) is 6.88. The SMILES string of the molecule is CCCCCCCCCCCCCCCC[N+](C)(C)C.Nc1nc2c(ncn2COCCO)c(=O)[nH]1. The molecule has 0 aliphatic carbocycles. The van der Waals surface area contributed by atoms with E-state index in [-0.39, 0.29) is 37.0 Å². The number of aromatic amines is 1. The minimum atomic E-state index is -0.386. The fourth-order valence-corrected chi connectivity index (χ4v) is 4.07. The fourth-order valence-electron chi connectivity index (χ4n) is 4.07. The number of H-pyrrole nitrogens is 1. The summed E-state index contributed by atoms with van der Waals surface area (Å²) in [6.45, 7) is 3.92. The molecule has 4 N–H and O–H groups in total. The number of imidazole rings is 1. The standard InChI is InChI=1S/C19H42N.C8H11N5O3/c1-5-6-7-8-9-10-11-12-13-14-15-16-17-18-19-20(2,3)4;9-8-11-6-5(7(15)12-8)10-3-13(6)4-16-2-1-14/h5-19H2,1-4H3;3,14H,1-2,4H2,(H3,9,11,12,15)/q+1;. The lowest BCUT2D eigenvalue weighted by atomic mass is 10.0. The number of aliphatic hydroxyl groups is 1. The number of anilines is 1. The molecule has 0 unspecified atom stereocenters. The topological polar surface area (TPSA) is 119 Å². The molecule has 0 bridgehead atoms. The van der Waals surface area contributed by atoms with Gasteiger partial charge < -0.3 is 20.1 Å². The van der Waals surface area contributed by atoms with Crippen LogP contribution in [0.5, 0.6) is 0 Å². The highest BCUT2D eigenvalue weighted by Crippen LogP contribution is 2.13. The Labute approximate surface area is 218 Å². The molecule has 36 heavy (non-hydrogen) atoms. The van der Waals surface area contributed by atoms with Crippen molar-refractivity contribution in [3.63, 3.8) is 0 Å². The minimum absolute atomic E-state index is 0.0291. The van der Waals surface area contributed by atoms with Gasteiger partial charge in [-0.3, -0.25) is 14.3 Å². The first-order chi connectivity index (χ1) is 17.3. The van der Waals surface area contributed by atoms with Crippen LogP contribution in [-0.2, 0) is 11.5 Å². The van der Waals surface area contributed by atoms with Gasteiger partial charge in [0.2, 0.25) is 5.95 Å². The van der Waals surface area contributed by atoms with Gasteiger partial charge in [-0.1, -0.05) is 84.0 Å². The molecule has 0 atom stereocenters. The van der Waals surface area contributed by atoms with Crippen LogP contribution in [0.4, 0.5) is 5.95 Å². The van der Waals surface area contributed by atoms with Gasteiger partial charge in [-0.05, 0) is 12.8 Å². The molecule has 9 heteroatoms. The first kappa shape index (κ1) is 32.1. The molecule has 2 aromatic heterocycles. The molecule has 208 valence electrons. The normalized spacial score (nSPS) is 11.6. The number of nitrogens with two attached hydrogens (primary N) is 1. The van der Waals surface area contributed by atoms with E-state index in [9.17, 15) is 4.79 Å². The molecule has 0 spiro atoms. The Hall–Kier alpha value is -1.97. The van der Waals surface area contributed by atoms with E-state index in [0.717, 1.165) is 4.48 Å². The zero-order valence-corrected chi connectivity index (χ0v) is 23.4. The molecule has 0 radical (unpaired) electrons. The Kier molecular flexibility index (Phi) is 17.1. The molecular formula is C27H53N6O3+. The van der Waals surface area contributed by atoms with E-state index in [2.05, 4.69) is 43.0 Å². The molecule has 0 saturated carbocycles. The number of quaternary nitrogens is 1. The van der Waals surface area contributed by atoms with Crippen LogP contribution in [-0.4, -0.2) is 70.0 Å². The highest BCUT2D eigenvalue weighted by molar-refractivity contribution is 5.70. The van der Waals surface area contributed by atoms with Crippen LogP contribution in [0, 0.1) is 0 Å². The van der Waals surface area contributed by atoms with Gasteiger partial charge in [-0.2, -0.15) is 4.98 Å². The van der Waals surface area contributed by atoms with Crippen molar-refractivity contribution in [3.05, 3.63) is 16.7 Å². The third-order valence-corrected chi connectivity index (χ3v) is 6.14. The maximum absolute atomic E-state index is 11.4. The van der Waals surface area contributed by atoms with Crippen LogP contribution < -0.4 is 11.3 Å². The van der Waals surface area contributed by atoms with Crippen molar-refractivity contribution in [1.29, 1.82) is 0 Å². The number of nitrogens with one attached hydrogen (secondary N) is 1. The third kappa shape index (κ3) is 15.2. The maximum atomic E-state index is 11.4. The van der Waals surface area contributed by atoms with Crippen LogP contribution in [0.25, 0.3) is 11.2 Å². The summed E-state index contributed by atoms with van der Waals surface area (Å²) in [5, 5.41) is 8.56. The molecule has 0 aromatic carbocycles. The largest absolute Gasteiger partial charge is 0.394 e. The number of nitrogen functional groups attached to an aromatic ring is 1. The quantitative estimate of drug-likeness (QED) is 0.184. The Balaban J connectivity index is 0.000000367. The molecule has 2 rings (SSSR count). The number of hydrogen-bond donors (Lipinski definition) is 3. The van der Waals surface area contributed by atoms with Gasteiger partial charge in [0, 0.05) is 0 Å². The van der Waals surface area contributed by atoms with E-state index in [1.807, 2.05) is 0 Å². The number of hydrogen-bond acceptors (Lipinski definition) is 6. The maximum Gasteiger partial charge on any atom is 0.280 e. The number of aliphatic hydroxyl groups excluding tert-OH is 1. The van der Waals surface area contributed by atoms with Gasteiger partial charge in [0.25, 0.3) is 5.56 Å². The average molecular weight is 510 g/mol. The number of ether oxygens (including phenoxy) is 1. The Morgan fingerprint density at radius 3 is 1.97 bits per heavy atom. The predicted octanol–water partition coefficient (Wildman–Crippen LogP) is 4.84. The monoisotopic (exact) mass is 509 g/mol. The van der Waals surface area contributed by atoms with Gasteiger partial charge in [-0.25, -0.2) is 4.98 Å². The summed E-state index contributed by atoms with van der Waals surface area (Å²) >= 11 is 0. The Morgan fingerprint density at radius 1 is 0.944 bits per heavy atom. The van der Waals surface area contributed by atoms with Gasteiger partial charge >= 0.3 is 0 Å². The number of aromatic nitrogens is 4. The van der Waals surface area contributed by atoms with E-state index >= 15 is 0 Å². The first-order valence-corrected chi connectivity index (χ1v) is 14.0. The first-order valence-electron chi connectivity index (χ1n) is 14.0. The highest BCUT2D eigenvalue weighted by atomic mass is 16.5. The number of fused-ring (bicyclic) bond motifs is 1. The molecule has 0 amide bonds. The summed E-state index contributed by atoms with van der Waals surface area (Å²) in [5.74, 6) is 0.0291. The average Bonchev–Trinajstić information content (AvgIpc) is 3.22. The molecular weight excluding hydrogens is 456 g/mol. The molecule has 0 saturated heterocycles. The van der Waals surface area contributed by atoms with Crippen LogP contribution >= 0.6 is 0 Å². The van der Waals surface area contributed by atoms with Crippen LogP contribution in [0.2, 0.25) is 0 Å². The predicted molar refractivity (Wildman–Crippen MR) is 149 cm³/mol. The second-order valence-corrected chi connectivity index (χ2v) is 10.7. The Bertz CT molecular complexity index is 859. The smallest absolute Gasteiger partial charge is 0.280 e. The van der Waals surface area contributed by atoms with Crippen molar-refractivity contribution in [2.75, 3.05) is 46.6 Å². The molecule has 0 aliphatic rings. The minimum Gasteiger partial charge on any atom is -0.394 e. The van der Waals surface area contributed by atoms with Gasteiger partial charge in [0.1, 0.15) is 6.73 Å². The van der Waals surface area contributed by atoms with Gasteiger partial charge in [-0.15, -0.1) is 0 Å². The zero-order chi connectivity index (χ0) is 26.7. The summed E-state index contributed by atoms with van der Waals surface area (Å²) < 4.78 is 7.76. The summed E-state index contributed by atoms with van der Waals surface area (Å²) in [6.07, 6.45) is 21.8. The van der Waals surface area contributed by atoms with E-state index in [0.29, 0.717) is 5.65 Å². The van der Waals surface area contributed by atoms with Crippen LogP contribution in [0.15, 0.2) is 11.1 Å². The number of unbranched alkanes of at least 4 members (excludes halogenated alkanes) is 13. The summed E-state index contributed by atoms with van der Waals surface area (Å²) in [5.41, 5.74) is 5.60. The number of nitrogens with zero attached hydrogens (tertiary/aromatic N) is 4. The van der Waals surface area contributed by atoms with E-state index < -0.39 is 0 Å². The lowest BCUT2D eigenvalue weighted by molar-refractivity contribution is -0.870. The van der Waals surface area contributed by atoms with E-state index in [1.54, 1.807) is 0 Å². The molecule has 0 fully saturated rings. The lowest BCUT2D eigenvalue weighted by Gasteiger charge is -2.23. The summed E-state index contributed by atoms with van der Waals surface area (Å²) in [6, 6.07) is 0. The molecule has 0 aliphatic heterocycles. The lowest BCUT2D eigenvalue weighted by Crippen LogP contribution is -2.35. The van der Waals surface area contributed by atoms with Crippen LogP contribution in [0.1, 0.15) is 96.8 Å². The van der Waals surface area contributed by atoms with Crippen molar-refractivity contribution in [1.82, 2.24) is 19.5 Å². The zero-order valence-electron chi connectivity index (χ0n) is 23.4. The number of rotatable bonds is 19. The molecule has 9 nitrogen and oxygen atoms in total. The Morgan fingerprint density at radius 2 is 1.47 bits per heavy atom. The second kappa shape index (κ2) is 19.2. The van der Waals surface area contributed by atoms with Crippen molar-refractivity contribution >= 4 is 17.1 Å². The van der Waals surface area contributed by atoms with E-state index in [4.69, 9.17) is 15.6 Å². The van der Waals surface area contributed by atoms with Gasteiger partial charge in [0.05, 0.1) is 47.2 Å². The second-order valence-electron chi connectivity index (χ2n) is 10.7. The fraction of sp³-hybridized carbons (Fsp3) is 0.815. The highest BCUT2D eigenvalue weighted by Gasteiger charge is 2.08. The van der Waals surface area contributed by atoms with Crippen molar-refractivity contribution in [2.24, 2.45) is 0 Å². The van der Waals surface area contributed by atoms with Gasteiger partial charge in [0.15, 0.2) is 11.2 Å². The summed E-state index contributed by atoms with van der Waals surface area (Å²) in [4.78, 5) is 21.6. The van der Waals surface area contributed by atoms with Crippen molar-refractivity contribution < 1.29 is 14.3 Å². The van der Waals surface area contributed by atoms with Crippen molar-refractivity contribution in [2.45, 2.75) is 104 Å². The van der Waals surface area contributed by atoms with Crippen molar-refractivity contribution in [3.8, 4) is 0 Å². The van der Waals surface area contributed by atoms with E-state index in [1.165, 1.54) is 107 Å². The van der Waals surface area contributed by atoms with Crippen LogP contribution in [0.3, 0.4) is 0 Å².